The maximum Gasteiger partial charge on any atom is 0.157 e. The van der Waals surface area contributed by atoms with Gasteiger partial charge in [0.15, 0.2) is 6.29 Å². The molecule has 1 heterocycles. The molecule has 0 aliphatic carbocycles. The summed E-state index contributed by atoms with van der Waals surface area (Å²) in [6.45, 7) is 0. The molecule has 0 saturated carbocycles. The molecule has 12 heavy (non-hydrogen) atoms. The van der Waals surface area contributed by atoms with Crippen molar-refractivity contribution in [2.75, 3.05) is 0 Å². The monoisotopic (exact) mass is 162 g/mol. The summed E-state index contributed by atoms with van der Waals surface area (Å²) in [5.74, 6) is -0.0487. The Morgan fingerprint density at radius 1 is 1.33 bits per heavy atom. The fourth-order valence-corrected chi connectivity index (χ4v) is 1.16. The number of benzene rings is 1. The van der Waals surface area contributed by atoms with Crippen LogP contribution < -0.4 is 0 Å². The predicted molar refractivity (Wildman–Crippen MR) is 43.3 cm³/mol. The molecule has 2 aromatic rings. The molecule has 60 valence electrons. The second-order valence-corrected chi connectivity index (χ2v) is 2.46. The van der Waals surface area contributed by atoms with Crippen molar-refractivity contribution in [1.29, 1.82) is 0 Å². The van der Waals surface area contributed by atoms with Crippen LogP contribution >= 0.6 is 0 Å². The lowest BCUT2D eigenvalue weighted by molar-refractivity contribution is 0.112. The van der Waals surface area contributed by atoms with Crippen LogP contribution in [0.1, 0.15) is 10.4 Å². The second kappa shape index (κ2) is 2.37. The molecular weight excluding hydrogens is 156 g/mol. The van der Waals surface area contributed by atoms with Gasteiger partial charge in [0.1, 0.15) is 11.3 Å². The third kappa shape index (κ3) is 0.797. The van der Waals surface area contributed by atoms with Gasteiger partial charge in [0.25, 0.3) is 0 Å². The summed E-state index contributed by atoms with van der Waals surface area (Å²) in [4.78, 5) is 10.5. The Morgan fingerprint density at radius 3 is 2.92 bits per heavy atom. The van der Waals surface area contributed by atoms with Crippen LogP contribution in [0.2, 0.25) is 0 Å². The van der Waals surface area contributed by atoms with E-state index in [0.29, 0.717) is 11.9 Å². The Labute approximate surface area is 68.2 Å². The first kappa shape index (κ1) is 6.91. The van der Waals surface area contributed by atoms with Gasteiger partial charge in [0.2, 0.25) is 0 Å². The first-order valence-corrected chi connectivity index (χ1v) is 3.47. The molecule has 0 saturated heterocycles. The first-order valence-electron chi connectivity index (χ1n) is 3.47. The van der Waals surface area contributed by atoms with Crippen LogP contribution in [0.5, 0.6) is 5.75 Å². The maximum absolute atomic E-state index is 10.5. The van der Waals surface area contributed by atoms with E-state index in [9.17, 15) is 9.90 Å². The number of carbonyl (C=O) groups excluding carboxylic acids is 1. The van der Waals surface area contributed by atoms with Gasteiger partial charge in [-0.1, -0.05) is 0 Å². The quantitative estimate of drug-likeness (QED) is 0.652. The van der Waals surface area contributed by atoms with Crippen LogP contribution in [0.15, 0.2) is 28.9 Å². The van der Waals surface area contributed by atoms with Gasteiger partial charge in [-0.05, 0) is 18.2 Å². The number of carbonyl (C=O) groups is 1. The molecule has 0 radical (unpaired) electrons. The van der Waals surface area contributed by atoms with Gasteiger partial charge in [0.05, 0.1) is 11.8 Å². The SMILES string of the molecule is O=Cc1c(O)ccc2ccoc12. The third-order valence-electron chi connectivity index (χ3n) is 1.75. The minimum atomic E-state index is -0.0487. The molecule has 1 N–H and O–H groups in total. The van der Waals surface area contributed by atoms with Crippen molar-refractivity contribution >= 4 is 17.3 Å². The number of aromatic hydroxyl groups is 1. The van der Waals surface area contributed by atoms with Crippen molar-refractivity contribution in [3.63, 3.8) is 0 Å². The van der Waals surface area contributed by atoms with Gasteiger partial charge in [-0.2, -0.15) is 0 Å². The highest BCUT2D eigenvalue weighted by molar-refractivity contribution is 5.97. The van der Waals surface area contributed by atoms with Gasteiger partial charge in [-0.25, -0.2) is 0 Å². The highest BCUT2D eigenvalue weighted by Gasteiger charge is 2.07. The van der Waals surface area contributed by atoms with Crippen LogP contribution in [0.3, 0.4) is 0 Å². The normalized spacial score (nSPS) is 10.3. The molecule has 0 fully saturated rings. The van der Waals surface area contributed by atoms with Gasteiger partial charge in [-0.3, -0.25) is 4.79 Å². The van der Waals surface area contributed by atoms with E-state index in [1.807, 2.05) is 0 Å². The molecule has 0 amide bonds. The average molecular weight is 162 g/mol. The Balaban J connectivity index is 2.91. The zero-order chi connectivity index (χ0) is 8.55. The van der Waals surface area contributed by atoms with E-state index in [2.05, 4.69) is 0 Å². The van der Waals surface area contributed by atoms with Crippen molar-refractivity contribution in [2.24, 2.45) is 0 Å². The Hall–Kier alpha value is -1.77. The van der Waals surface area contributed by atoms with Crippen molar-refractivity contribution in [3.05, 3.63) is 30.0 Å². The number of hydrogen-bond donors (Lipinski definition) is 1. The van der Waals surface area contributed by atoms with Crippen LogP contribution in [-0.4, -0.2) is 11.4 Å². The Morgan fingerprint density at radius 2 is 2.17 bits per heavy atom. The van der Waals surface area contributed by atoms with E-state index in [1.165, 1.54) is 12.3 Å². The summed E-state index contributed by atoms with van der Waals surface area (Å²) in [7, 11) is 0. The molecule has 3 heteroatoms. The molecule has 3 nitrogen and oxygen atoms in total. The van der Waals surface area contributed by atoms with Crippen molar-refractivity contribution in [3.8, 4) is 5.75 Å². The topological polar surface area (TPSA) is 50.4 Å². The first-order chi connectivity index (χ1) is 5.83. The minimum Gasteiger partial charge on any atom is -0.507 e. The summed E-state index contributed by atoms with van der Waals surface area (Å²) >= 11 is 0. The number of aldehydes is 1. The molecular formula is C9H6O3. The van der Waals surface area contributed by atoms with Crippen molar-refractivity contribution < 1.29 is 14.3 Å². The minimum absolute atomic E-state index is 0.0487. The maximum atomic E-state index is 10.5. The molecule has 0 unspecified atom stereocenters. The number of fused-ring (bicyclic) bond motifs is 1. The van der Waals surface area contributed by atoms with Crippen molar-refractivity contribution in [2.45, 2.75) is 0 Å². The lowest BCUT2D eigenvalue weighted by atomic mass is 10.1. The smallest absolute Gasteiger partial charge is 0.157 e. The van der Waals surface area contributed by atoms with Crippen molar-refractivity contribution in [1.82, 2.24) is 0 Å². The molecule has 0 atom stereocenters. The van der Waals surface area contributed by atoms with Gasteiger partial charge < -0.3 is 9.52 Å². The molecule has 0 spiro atoms. The fourth-order valence-electron chi connectivity index (χ4n) is 1.16. The standard InChI is InChI=1S/C9H6O3/c10-5-7-8(11)2-1-6-3-4-12-9(6)7/h1-5,11H. The molecule has 1 aromatic carbocycles. The van der Waals surface area contributed by atoms with E-state index >= 15 is 0 Å². The lowest BCUT2D eigenvalue weighted by Crippen LogP contribution is -1.80. The van der Waals surface area contributed by atoms with E-state index in [0.717, 1.165) is 5.39 Å². The molecule has 2 rings (SSSR count). The van der Waals surface area contributed by atoms with Gasteiger partial charge in [0, 0.05) is 5.39 Å². The highest BCUT2D eigenvalue weighted by atomic mass is 16.3. The predicted octanol–water partition coefficient (Wildman–Crippen LogP) is 1.95. The highest BCUT2D eigenvalue weighted by Crippen LogP contribution is 2.25. The van der Waals surface area contributed by atoms with E-state index in [1.54, 1.807) is 12.1 Å². The summed E-state index contributed by atoms with van der Waals surface area (Å²) in [6, 6.07) is 4.91. The fraction of sp³-hybridized carbons (Fsp3) is 0. The van der Waals surface area contributed by atoms with E-state index < -0.39 is 0 Å². The Bertz CT molecular complexity index is 428. The van der Waals surface area contributed by atoms with Gasteiger partial charge >= 0.3 is 0 Å². The Kier molecular flexibility index (Phi) is 1.37. The van der Waals surface area contributed by atoms with Gasteiger partial charge in [-0.15, -0.1) is 0 Å². The largest absolute Gasteiger partial charge is 0.507 e. The van der Waals surface area contributed by atoms with Crippen LogP contribution in [0.4, 0.5) is 0 Å². The van der Waals surface area contributed by atoms with Crippen LogP contribution in [0.25, 0.3) is 11.0 Å². The zero-order valence-corrected chi connectivity index (χ0v) is 6.15. The van der Waals surface area contributed by atoms with E-state index in [-0.39, 0.29) is 11.3 Å². The van der Waals surface area contributed by atoms with E-state index in [4.69, 9.17) is 4.42 Å². The van der Waals surface area contributed by atoms with Crippen LogP contribution in [-0.2, 0) is 0 Å². The summed E-state index contributed by atoms with van der Waals surface area (Å²) in [5.41, 5.74) is 0.641. The summed E-state index contributed by atoms with van der Waals surface area (Å²) in [5, 5.41) is 10.1. The molecule has 0 aliphatic rings. The number of rotatable bonds is 1. The second-order valence-electron chi connectivity index (χ2n) is 2.46. The molecule has 0 bridgehead atoms. The van der Waals surface area contributed by atoms with Crippen LogP contribution in [0, 0.1) is 0 Å². The third-order valence-corrected chi connectivity index (χ3v) is 1.75. The molecule has 1 aromatic heterocycles. The lowest BCUT2D eigenvalue weighted by Gasteiger charge is -1.95. The number of phenols is 1. The number of hydrogen-bond acceptors (Lipinski definition) is 3. The summed E-state index contributed by atoms with van der Waals surface area (Å²) in [6.07, 6.45) is 2.07. The number of phenolic OH excluding ortho intramolecular Hbond substituents is 1. The average Bonchev–Trinajstić information content (AvgIpc) is 2.52. The molecule has 0 aliphatic heterocycles. The zero-order valence-electron chi connectivity index (χ0n) is 6.15. The summed E-state index contributed by atoms with van der Waals surface area (Å²) < 4.78 is 5.03. The number of furan rings is 1.